The molecule has 0 aliphatic rings. The Morgan fingerprint density at radius 1 is 1.41 bits per heavy atom. The van der Waals surface area contributed by atoms with Crippen molar-refractivity contribution >= 4 is 17.6 Å². The second-order valence-electron chi connectivity index (χ2n) is 3.28. The maximum Gasteiger partial charge on any atom is 0.328 e. The minimum Gasteiger partial charge on any atom is -0.387 e. The number of hydrogen-bond donors (Lipinski definition) is 2. The van der Waals surface area contributed by atoms with Crippen LogP contribution in [0.5, 0.6) is 0 Å². The van der Waals surface area contributed by atoms with Gasteiger partial charge in [-0.2, -0.15) is 4.98 Å². The number of nitrogens with one attached hydrogen (secondary N) is 2. The van der Waals surface area contributed by atoms with Gasteiger partial charge in [0, 0.05) is 7.05 Å². The molecule has 2 N–H and O–H groups in total. The monoisotopic (exact) mass is 233 g/mol. The molecule has 17 heavy (non-hydrogen) atoms. The largest absolute Gasteiger partial charge is 0.387 e. The molecule has 0 unspecified atom stereocenters. The van der Waals surface area contributed by atoms with E-state index in [-0.39, 0.29) is 11.7 Å². The number of aromatic nitrogens is 3. The lowest BCUT2D eigenvalue weighted by Gasteiger charge is -2.01. The molecule has 2 rings (SSSR count). The average Bonchev–Trinajstić information content (AvgIpc) is 2.75. The van der Waals surface area contributed by atoms with Crippen molar-refractivity contribution in [2.45, 2.75) is 6.92 Å². The summed E-state index contributed by atoms with van der Waals surface area (Å²) in [6, 6.07) is 3.41. The normalized spacial score (nSPS) is 10.0. The SMILES string of the molecule is CNc1ccc(C(=O)Nc2nc(C)no2)nc1. The number of pyridine rings is 1. The molecular weight excluding hydrogens is 222 g/mol. The topological polar surface area (TPSA) is 92.9 Å². The highest BCUT2D eigenvalue weighted by Crippen LogP contribution is 2.08. The molecule has 0 aromatic carbocycles. The van der Waals surface area contributed by atoms with Gasteiger partial charge in [0.2, 0.25) is 0 Å². The number of hydrogen-bond acceptors (Lipinski definition) is 6. The lowest BCUT2D eigenvalue weighted by atomic mass is 10.3. The molecular formula is C10H11N5O2. The molecule has 0 aliphatic heterocycles. The van der Waals surface area contributed by atoms with Gasteiger partial charge in [0.05, 0.1) is 11.9 Å². The summed E-state index contributed by atoms with van der Waals surface area (Å²) in [6.07, 6.45) is 1.56. The van der Waals surface area contributed by atoms with Gasteiger partial charge in [-0.05, 0) is 19.1 Å². The van der Waals surface area contributed by atoms with Crippen molar-refractivity contribution in [3.05, 3.63) is 29.8 Å². The lowest BCUT2D eigenvalue weighted by molar-refractivity contribution is 0.101. The van der Waals surface area contributed by atoms with Crippen molar-refractivity contribution in [1.29, 1.82) is 0 Å². The molecule has 2 aromatic rings. The zero-order valence-corrected chi connectivity index (χ0v) is 9.39. The van der Waals surface area contributed by atoms with Crippen molar-refractivity contribution in [3.63, 3.8) is 0 Å². The molecule has 0 spiro atoms. The van der Waals surface area contributed by atoms with E-state index in [2.05, 4.69) is 25.8 Å². The van der Waals surface area contributed by atoms with E-state index in [1.807, 2.05) is 0 Å². The van der Waals surface area contributed by atoms with Crippen LogP contribution in [0.3, 0.4) is 0 Å². The standard InChI is InChI=1S/C10H11N5O2/c1-6-13-10(17-15-6)14-9(16)8-4-3-7(11-2)5-12-8/h3-5,11H,1-2H3,(H,13,14,15,16). The van der Waals surface area contributed by atoms with Gasteiger partial charge in [-0.25, -0.2) is 4.98 Å². The van der Waals surface area contributed by atoms with Crippen LogP contribution < -0.4 is 10.6 Å². The summed E-state index contributed by atoms with van der Waals surface area (Å²) in [6.45, 7) is 1.67. The number of carbonyl (C=O) groups is 1. The first-order valence-electron chi connectivity index (χ1n) is 4.94. The predicted octanol–water partition coefficient (Wildman–Crippen LogP) is 1.07. The molecule has 7 heteroatoms. The quantitative estimate of drug-likeness (QED) is 0.823. The Morgan fingerprint density at radius 2 is 2.24 bits per heavy atom. The first-order valence-corrected chi connectivity index (χ1v) is 4.94. The van der Waals surface area contributed by atoms with Gasteiger partial charge in [0.15, 0.2) is 5.82 Å². The van der Waals surface area contributed by atoms with E-state index in [9.17, 15) is 4.79 Å². The van der Waals surface area contributed by atoms with Crippen LogP contribution in [0.25, 0.3) is 0 Å². The van der Waals surface area contributed by atoms with E-state index >= 15 is 0 Å². The maximum absolute atomic E-state index is 11.7. The van der Waals surface area contributed by atoms with Crippen molar-refractivity contribution in [2.75, 3.05) is 17.7 Å². The van der Waals surface area contributed by atoms with Gasteiger partial charge >= 0.3 is 6.01 Å². The fraction of sp³-hybridized carbons (Fsp3) is 0.200. The van der Waals surface area contributed by atoms with Crippen LogP contribution in [0.1, 0.15) is 16.3 Å². The van der Waals surface area contributed by atoms with E-state index in [0.29, 0.717) is 5.82 Å². The van der Waals surface area contributed by atoms with Gasteiger partial charge < -0.3 is 9.84 Å². The molecule has 2 heterocycles. The minimum atomic E-state index is -0.392. The fourth-order valence-corrected chi connectivity index (χ4v) is 1.19. The molecule has 0 saturated heterocycles. The Morgan fingerprint density at radius 3 is 2.76 bits per heavy atom. The Labute approximate surface area is 97.2 Å². The smallest absolute Gasteiger partial charge is 0.328 e. The highest BCUT2D eigenvalue weighted by Gasteiger charge is 2.11. The molecule has 0 atom stereocenters. The summed E-state index contributed by atoms with van der Waals surface area (Å²) in [5.74, 6) is 0.0649. The zero-order valence-electron chi connectivity index (χ0n) is 9.39. The summed E-state index contributed by atoms with van der Waals surface area (Å²) in [7, 11) is 1.78. The number of aryl methyl sites for hydroxylation is 1. The minimum absolute atomic E-state index is 0.0620. The second-order valence-corrected chi connectivity index (χ2v) is 3.28. The highest BCUT2D eigenvalue weighted by molar-refractivity contribution is 6.01. The van der Waals surface area contributed by atoms with Gasteiger partial charge in [0.25, 0.3) is 5.91 Å². The first-order chi connectivity index (χ1) is 8.19. The van der Waals surface area contributed by atoms with Crippen molar-refractivity contribution in [2.24, 2.45) is 0 Å². The van der Waals surface area contributed by atoms with Crippen LogP contribution in [0.15, 0.2) is 22.9 Å². The summed E-state index contributed by atoms with van der Waals surface area (Å²) in [5, 5.41) is 8.92. The van der Waals surface area contributed by atoms with Crippen LogP contribution in [0.4, 0.5) is 11.7 Å². The lowest BCUT2D eigenvalue weighted by Crippen LogP contribution is -2.13. The van der Waals surface area contributed by atoms with Gasteiger partial charge in [-0.15, -0.1) is 0 Å². The Balaban J connectivity index is 2.09. The van der Waals surface area contributed by atoms with Crippen LogP contribution in [-0.4, -0.2) is 28.1 Å². The van der Waals surface area contributed by atoms with Crippen LogP contribution in [0, 0.1) is 6.92 Å². The molecule has 7 nitrogen and oxygen atoms in total. The van der Waals surface area contributed by atoms with Crippen molar-refractivity contribution in [3.8, 4) is 0 Å². The molecule has 0 fully saturated rings. The van der Waals surface area contributed by atoms with Gasteiger partial charge in [-0.3, -0.25) is 10.1 Å². The third-order valence-electron chi connectivity index (χ3n) is 2.03. The van der Waals surface area contributed by atoms with Crippen LogP contribution in [0.2, 0.25) is 0 Å². The van der Waals surface area contributed by atoms with Crippen molar-refractivity contribution < 1.29 is 9.32 Å². The summed E-state index contributed by atoms with van der Waals surface area (Å²) >= 11 is 0. The maximum atomic E-state index is 11.7. The molecule has 1 amide bonds. The van der Waals surface area contributed by atoms with E-state index < -0.39 is 5.91 Å². The molecule has 88 valence electrons. The van der Waals surface area contributed by atoms with Gasteiger partial charge in [0.1, 0.15) is 5.69 Å². The Hall–Kier alpha value is -2.44. The number of rotatable bonds is 3. The summed E-state index contributed by atoms with van der Waals surface area (Å²) in [5.41, 5.74) is 1.11. The van der Waals surface area contributed by atoms with Gasteiger partial charge in [-0.1, -0.05) is 5.16 Å². The number of nitrogens with zero attached hydrogens (tertiary/aromatic N) is 3. The number of amides is 1. The van der Waals surface area contributed by atoms with Crippen molar-refractivity contribution in [1.82, 2.24) is 15.1 Å². The third kappa shape index (κ3) is 2.57. The van der Waals surface area contributed by atoms with E-state index in [4.69, 9.17) is 4.52 Å². The summed E-state index contributed by atoms with van der Waals surface area (Å²) in [4.78, 5) is 19.5. The zero-order chi connectivity index (χ0) is 12.3. The fourth-order valence-electron chi connectivity index (χ4n) is 1.19. The Bertz CT molecular complexity index is 520. The number of carbonyl (C=O) groups excluding carboxylic acids is 1. The third-order valence-corrected chi connectivity index (χ3v) is 2.03. The predicted molar refractivity (Wildman–Crippen MR) is 60.8 cm³/mol. The molecule has 2 aromatic heterocycles. The highest BCUT2D eigenvalue weighted by atomic mass is 16.5. The molecule has 0 aliphatic carbocycles. The Kier molecular flexibility index (Phi) is 2.99. The van der Waals surface area contributed by atoms with E-state index in [1.165, 1.54) is 0 Å². The van der Waals surface area contributed by atoms with E-state index in [0.717, 1.165) is 5.69 Å². The molecule has 0 bridgehead atoms. The number of anilines is 2. The van der Waals surface area contributed by atoms with Crippen LogP contribution >= 0.6 is 0 Å². The van der Waals surface area contributed by atoms with Crippen LogP contribution in [-0.2, 0) is 0 Å². The average molecular weight is 233 g/mol. The van der Waals surface area contributed by atoms with E-state index in [1.54, 1.807) is 32.3 Å². The molecule has 0 radical (unpaired) electrons. The summed E-state index contributed by atoms with van der Waals surface area (Å²) < 4.78 is 4.77. The molecule has 0 saturated carbocycles. The first kappa shape index (κ1) is 11.1. The second kappa shape index (κ2) is 4.60.